The summed E-state index contributed by atoms with van der Waals surface area (Å²) in [6.07, 6.45) is 0. The molecule has 0 N–H and O–H groups in total. The van der Waals surface area contributed by atoms with Crippen molar-refractivity contribution in [1.29, 1.82) is 5.26 Å². The Hall–Kier alpha value is -9.04. The molecular weight excluding hydrogens is 801 g/mol. The molecule has 4 heteroatoms. The van der Waals surface area contributed by atoms with Crippen LogP contribution in [-0.2, 0) is 0 Å². The number of nitriles is 1. The second kappa shape index (κ2) is 16.3. The van der Waals surface area contributed by atoms with Gasteiger partial charge in [-0.15, -0.1) is 0 Å². The summed E-state index contributed by atoms with van der Waals surface area (Å²) in [6.45, 7) is 0. The van der Waals surface area contributed by atoms with Crippen LogP contribution in [0.3, 0.4) is 0 Å². The largest absolute Gasteiger partial charge is 0.208 e. The Kier molecular flexibility index (Phi) is 9.51. The summed E-state index contributed by atoms with van der Waals surface area (Å²) in [5, 5.41) is 20.2. The minimum Gasteiger partial charge on any atom is -0.208 e. The van der Waals surface area contributed by atoms with Gasteiger partial charge in [0, 0.05) is 16.7 Å². The summed E-state index contributed by atoms with van der Waals surface area (Å²) in [6, 6.07) is 83.0. The van der Waals surface area contributed by atoms with Crippen molar-refractivity contribution in [3.63, 3.8) is 0 Å². The highest BCUT2D eigenvalue weighted by molar-refractivity contribution is 6.10. The first-order chi connectivity index (χ1) is 32.6. The van der Waals surface area contributed by atoms with Gasteiger partial charge in [-0.3, -0.25) is 0 Å². The van der Waals surface area contributed by atoms with Gasteiger partial charge in [-0.05, 0) is 118 Å². The van der Waals surface area contributed by atoms with Crippen LogP contribution >= 0.6 is 0 Å². The van der Waals surface area contributed by atoms with Crippen LogP contribution in [0, 0.1) is 11.3 Å². The van der Waals surface area contributed by atoms with Crippen LogP contribution in [0.15, 0.2) is 231 Å². The van der Waals surface area contributed by atoms with Gasteiger partial charge in [-0.2, -0.15) is 5.26 Å². The van der Waals surface area contributed by atoms with Gasteiger partial charge in [0.2, 0.25) is 0 Å². The quantitative estimate of drug-likeness (QED) is 0.150. The molecule has 0 spiro atoms. The molecule has 11 aromatic carbocycles. The van der Waals surface area contributed by atoms with Crippen molar-refractivity contribution < 1.29 is 0 Å². The number of aromatic nitrogens is 3. The van der Waals surface area contributed by atoms with Gasteiger partial charge in [-0.25, -0.2) is 15.0 Å². The average Bonchev–Trinajstić information content (AvgIpc) is 3.40. The predicted molar refractivity (Wildman–Crippen MR) is 273 cm³/mol. The van der Waals surface area contributed by atoms with Crippen molar-refractivity contribution in [3.8, 4) is 84.7 Å². The molecule has 0 amide bonds. The molecule has 0 unspecified atom stereocenters. The molecule has 0 aliphatic carbocycles. The maximum atomic E-state index is 10.6. The Labute approximate surface area is 382 Å². The van der Waals surface area contributed by atoms with Crippen LogP contribution in [0.5, 0.6) is 0 Å². The number of hydrogen-bond donors (Lipinski definition) is 0. The maximum Gasteiger partial charge on any atom is 0.164 e. The van der Waals surface area contributed by atoms with Crippen molar-refractivity contribution in [3.05, 3.63) is 236 Å². The maximum absolute atomic E-state index is 10.6. The van der Waals surface area contributed by atoms with E-state index in [1.54, 1.807) is 0 Å². The van der Waals surface area contributed by atoms with Crippen LogP contribution in [0.2, 0.25) is 0 Å². The van der Waals surface area contributed by atoms with E-state index in [0.29, 0.717) is 23.0 Å². The first-order valence-electron chi connectivity index (χ1n) is 22.1. The van der Waals surface area contributed by atoms with Crippen molar-refractivity contribution in [2.45, 2.75) is 0 Å². The highest BCUT2D eigenvalue weighted by Crippen LogP contribution is 2.42. The number of benzene rings is 11. The van der Waals surface area contributed by atoms with Gasteiger partial charge in [-0.1, -0.05) is 200 Å². The van der Waals surface area contributed by atoms with E-state index < -0.39 is 0 Å². The molecule has 1 aromatic heterocycles. The molecule has 0 aliphatic rings. The smallest absolute Gasteiger partial charge is 0.164 e. The molecule has 12 rings (SSSR count). The molecule has 66 heavy (non-hydrogen) atoms. The standard InChI is InChI=1S/C62H38N4/c63-39-40-34-48(53-21-9-12-24-57(53)56-23-11-8-20-52(56)46-32-33-55-45(36-46)30-28-41-14-4-6-18-50(41)55)37-49(35-40)54-22-10-13-25-58(54)62-65-60(44-16-2-1-3-17-44)64-61(66-62)47-31-29-43-27-26-42-15-5-7-19-51(42)59(43)38-47/h1-38H. The van der Waals surface area contributed by atoms with Crippen molar-refractivity contribution in [1.82, 2.24) is 15.0 Å². The second-order valence-electron chi connectivity index (χ2n) is 16.7. The molecule has 0 aliphatic heterocycles. The van der Waals surface area contributed by atoms with Gasteiger partial charge in [0.15, 0.2) is 17.5 Å². The number of nitrogens with zero attached hydrogens (tertiary/aromatic N) is 4. The van der Waals surface area contributed by atoms with E-state index in [1.807, 2.05) is 54.6 Å². The molecule has 0 saturated carbocycles. The van der Waals surface area contributed by atoms with Crippen LogP contribution in [0.4, 0.5) is 0 Å². The Morgan fingerprint density at radius 3 is 1.35 bits per heavy atom. The lowest BCUT2D eigenvalue weighted by Gasteiger charge is -2.17. The Bertz CT molecular complexity index is 3900. The monoisotopic (exact) mass is 838 g/mol. The molecule has 0 atom stereocenters. The van der Waals surface area contributed by atoms with Crippen LogP contribution < -0.4 is 0 Å². The van der Waals surface area contributed by atoms with E-state index >= 15 is 0 Å². The van der Waals surface area contributed by atoms with Crippen molar-refractivity contribution >= 4 is 43.1 Å². The molecule has 0 fully saturated rings. The zero-order valence-corrected chi connectivity index (χ0v) is 35.7. The fraction of sp³-hybridized carbons (Fsp3) is 0. The Morgan fingerprint density at radius 2 is 0.697 bits per heavy atom. The molecule has 0 saturated heterocycles. The lowest BCUT2D eigenvalue weighted by atomic mass is 9.87. The summed E-state index contributed by atoms with van der Waals surface area (Å²) in [7, 11) is 0. The second-order valence-corrected chi connectivity index (χ2v) is 16.7. The number of rotatable bonds is 7. The molecule has 0 bridgehead atoms. The lowest BCUT2D eigenvalue weighted by molar-refractivity contribution is 1.07. The highest BCUT2D eigenvalue weighted by Gasteiger charge is 2.19. The lowest BCUT2D eigenvalue weighted by Crippen LogP contribution is -2.01. The topological polar surface area (TPSA) is 62.5 Å². The summed E-state index contributed by atoms with van der Waals surface area (Å²) in [5.41, 5.74) is 11.5. The van der Waals surface area contributed by atoms with Crippen molar-refractivity contribution in [2.24, 2.45) is 0 Å². The fourth-order valence-corrected chi connectivity index (χ4v) is 9.54. The van der Waals surface area contributed by atoms with Gasteiger partial charge in [0.1, 0.15) is 0 Å². The third-order valence-electron chi connectivity index (χ3n) is 12.7. The van der Waals surface area contributed by atoms with Gasteiger partial charge in [0.05, 0.1) is 11.6 Å². The van der Waals surface area contributed by atoms with E-state index in [0.717, 1.165) is 72.0 Å². The molecule has 12 aromatic rings. The van der Waals surface area contributed by atoms with E-state index in [1.165, 1.54) is 32.3 Å². The first kappa shape index (κ1) is 38.6. The van der Waals surface area contributed by atoms with Crippen LogP contribution in [0.1, 0.15) is 5.56 Å². The fourth-order valence-electron chi connectivity index (χ4n) is 9.54. The van der Waals surface area contributed by atoms with E-state index in [9.17, 15) is 5.26 Å². The molecular formula is C62H38N4. The predicted octanol–water partition coefficient (Wildman–Crippen LogP) is 16.0. The number of fused-ring (bicyclic) bond motifs is 6. The Morgan fingerprint density at radius 1 is 0.258 bits per heavy atom. The van der Waals surface area contributed by atoms with Gasteiger partial charge in [0.25, 0.3) is 0 Å². The normalized spacial score (nSPS) is 11.3. The number of hydrogen-bond acceptors (Lipinski definition) is 4. The summed E-state index contributed by atoms with van der Waals surface area (Å²) in [5.74, 6) is 1.72. The van der Waals surface area contributed by atoms with Crippen LogP contribution in [0.25, 0.3) is 122 Å². The summed E-state index contributed by atoms with van der Waals surface area (Å²) >= 11 is 0. The highest BCUT2D eigenvalue weighted by atomic mass is 15.0. The third-order valence-corrected chi connectivity index (χ3v) is 12.7. The zero-order chi connectivity index (χ0) is 44.0. The van der Waals surface area contributed by atoms with Gasteiger partial charge < -0.3 is 0 Å². The minimum atomic E-state index is 0.550. The zero-order valence-electron chi connectivity index (χ0n) is 35.7. The molecule has 4 nitrogen and oxygen atoms in total. The van der Waals surface area contributed by atoms with Crippen molar-refractivity contribution in [2.75, 3.05) is 0 Å². The van der Waals surface area contributed by atoms with E-state index in [4.69, 9.17) is 15.0 Å². The Balaban J connectivity index is 0.990. The summed E-state index contributed by atoms with van der Waals surface area (Å²) in [4.78, 5) is 15.5. The van der Waals surface area contributed by atoms with Crippen LogP contribution in [-0.4, -0.2) is 15.0 Å². The summed E-state index contributed by atoms with van der Waals surface area (Å²) < 4.78 is 0. The molecule has 0 radical (unpaired) electrons. The molecule has 306 valence electrons. The van der Waals surface area contributed by atoms with E-state index in [2.05, 4.69) is 182 Å². The molecule has 1 heterocycles. The van der Waals surface area contributed by atoms with Gasteiger partial charge >= 0.3 is 0 Å². The van der Waals surface area contributed by atoms with E-state index in [-0.39, 0.29) is 0 Å². The first-order valence-corrected chi connectivity index (χ1v) is 22.1. The average molecular weight is 839 g/mol. The minimum absolute atomic E-state index is 0.550. The SMILES string of the molecule is N#Cc1cc(-c2ccccc2-c2nc(-c3ccccc3)nc(-c3ccc4ccc5ccccc5c4c3)n2)cc(-c2ccccc2-c2ccccc2-c2ccc3c(ccc4ccccc43)c2)c1. The third kappa shape index (κ3) is 6.93.